The van der Waals surface area contributed by atoms with Gasteiger partial charge in [0.1, 0.15) is 5.92 Å². The van der Waals surface area contributed by atoms with E-state index in [4.69, 9.17) is 4.74 Å². The Morgan fingerprint density at radius 3 is 1.57 bits per heavy atom. The van der Waals surface area contributed by atoms with Gasteiger partial charge in [-0.15, -0.1) is 12.6 Å². The molecule has 3 nitrogen and oxygen atoms in total. The fourth-order valence-electron chi connectivity index (χ4n) is 3.71. The van der Waals surface area contributed by atoms with Gasteiger partial charge in [0, 0.05) is 0 Å². The standard InChI is InChI=1S/C26H24O3S/c1-29-24(27)23(25(28)30)18-11-19-26(20-12-5-2-6-13-20,21-14-7-3-8-15-21)22-16-9-4-10-17-22/h2-17,19,23H,18H2,1H3,(H,28,30)/b19-11-. The van der Waals surface area contributed by atoms with Crippen molar-refractivity contribution >= 4 is 23.7 Å². The summed E-state index contributed by atoms with van der Waals surface area (Å²) in [6.45, 7) is 0. The number of esters is 1. The van der Waals surface area contributed by atoms with Crippen LogP contribution in [0, 0.1) is 5.92 Å². The Morgan fingerprint density at radius 1 is 0.833 bits per heavy atom. The van der Waals surface area contributed by atoms with Crippen LogP contribution in [-0.4, -0.2) is 18.2 Å². The lowest BCUT2D eigenvalue weighted by Crippen LogP contribution is -2.27. The molecule has 0 amide bonds. The van der Waals surface area contributed by atoms with E-state index in [1.54, 1.807) is 0 Å². The molecule has 152 valence electrons. The highest BCUT2D eigenvalue weighted by Crippen LogP contribution is 2.40. The fourth-order valence-corrected chi connectivity index (χ4v) is 3.92. The molecule has 0 aliphatic rings. The molecule has 0 spiro atoms. The minimum Gasteiger partial charge on any atom is -0.468 e. The van der Waals surface area contributed by atoms with Crippen molar-refractivity contribution in [3.63, 3.8) is 0 Å². The first-order chi connectivity index (χ1) is 14.6. The van der Waals surface area contributed by atoms with Gasteiger partial charge in [-0.2, -0.15) is 0 Å². The van der Waals surface area contributed by atoms with Crippen LogP contribution in [0.1, 0.15) is 23.1 Å². The van der Waals surface area contributed by atoms with E-state index in [9.17, 15) is 9.59 Å². The largest absolute Gasteiger partial charge is 0.468 e. The molecular formula is C26H24O3S. The fraction of sp³-hybridized carbons (Fsp3) is 0.154. The number of benzene rings is 3. The number of hydrogen-bond acceptors (Lipinski definition) is 3. The quantitative estimate of drug-likeness (QED) is 0.180. The van der Waals surface area contributed by atoms with Crippen molar-refractivity contribution in [3.05, 3.63) is 120 Å². The molecule has 0 aromatic heterocycles. The summed E-state index contributed by atoms with van der Waals surface area (Å²) < 4.78 is 4.77. The summed E-state index contributed by atoms with van der Waals surface area (Å²) in [5, 5.41) is -0.503. The van der Waals surface area contributed by atoms with Gasteiger partial charge in [-0.25, -0.2) is 0 Å². The zero-order valence-corrected chi connectivity index (χ0v) is 17.7. The second-order valence-electron chi connectivity index (χ2n) is 6.96. The highest BCUT2D eigenvalue weighted by atomic mass is 32.1. The summed E-state index contributed by atoms with van der Waals surface area (Å²) in [7, 11) is 1.28. The van der Waals surface area contributed by atoms with Gasteiger partial charge >= 0.3 is 5.97 Å². The van der Waals surface area contributed by atoms with Crippen molar-refractivity contribution in [1.29, 1.82) is 0 Å². The van der Waals surface area contributed by atoms with Crippen LogP contribution in [-0.2, 0) is 19.7 Å². The van der Waals surface area contributed by atoms with Crippen LogP contribution in [0.3, 0.4) is 0 Å². The number of carbonyl (C=O) groups excluding carboxylic acids is 2. The van der Waals surface area contributed by atoms with E-state index >= 15 is 0 Å². The van der Waals surface area contributed by atoms with Crippen LogP contribution in [0.4, 0.5) is 0 Å². The molecule has 3 aromatic rings. The van der Waals surface area contributed by atoms with Crippen molar-refractivity contribution < 1.29 is 14.3 Å². The third-order valence-corrected chi connectivity index (χ3v) is 5.52. The minimum absolute atomic E-state index is 0.212. The predicted molar refractivity (Wildman–Crippen MR) is 122 cm³/mol. The van der Waals surface area contributed by atoms with E-state index in [1.165, 1.54) is 7.11 Å². The maximum atomic E-state index is 12.0. The maximum Gasteiger partial charge on any atom is 0.317 e. The highest BCUT2D eigenvalue weighted by Gasteiger charge is 2.34. The Balaban J connectivity index is 2.16. The van der Waals surface area contributed by atoms with Gasteiger partial charge in [-0.05, 0) is 23.1 Å². The topological polar surface area (TPSA) is 43.4 Å². The second-order valence-corrected chi connectivity index (χ2v) is 7.40. The Hall–Kier alpha value is -3.11. The van der Waals surface area contributed by atoms with Gasteiger partial charge < -0.3 is 4.74 Å². The molecular weight excluding hydrogens is 392 g/mol. The molecule has 0 bridgehead atoms. The number of hydrogen-bond donors (Lipinski definition) is 1. The van der Waals surface area contributed by atoms with Crippen LogP contribution in [0.2, 0.25) is 0 Å². The first-order valence-corrected chi connectivity index (χ1v) is 10.2. The molecule has 30 heavy (non-hydrogen) atoms. The van der Waals surface area contributed by atoms with Crippen molar-refractivity contribution in [3.8, 4) is 0 Å². The second kappa shape index (κ2) is 10.1. The Labute approximate surface area is 182 Å². The Morgan fingerprint density at radius 2 is 1.23 bits per heavy atom. The monoisotopic (exact) mass is 416 g/mol. The van der Waals surface area contributed by atoms with Crippen LogP contribution in [0.5, 0.6) is 0 Å². The predicted octanol–water partition coefficient (Wildman–Crippen LogP) is 5.21. The number of ether oxygens (including phenoxy) is 1. The number of thiol groups is 1. The molecule has 0 heterocycles. The number of methoxy groups -OCH3 is 1. The highest BCUT2D eigenvalue weighted by molar-refractivity contribution is 7.96. The molecule has 0 radical (unpaired) electrons. The zero-order valence-electron chi connectivity index (χ0n) is 16.8. The lowest BCUT2D eigenvalue weighted by atomic mass is 9.69. The Bertz CT molecular complexity index is 902. The van der Waals surface area contributed by atoms with Gasteiger partial charge in [0.15, 0.2) is 5.12 Å². The van der Waals surface area contributed by atoms with Crippen LogP contribution in [0.15, 0.2) is 103 Å². The van der Waals surface area contributed by atoms with Gasteiger partial charge in [0.25, 0.3) is 0 Å². The molecule has 0 saturated heterocycles. The van der Waals surface area contributed by atoms with Gasteiger partial charge in [-0.1, -0.05) is 103 Å². The van der Waals surface area contributed by atoms with E-state index < -0.39 is 22.4 Å². The van der Waals surface area contributed by atoms with Crippen molar-refractivity contribution in [1.82, 2.24) is 0 Å². The molecule has 1 unspecified atom stereocenters. The normalized spacial score (nSPS) is 12.5. The average molecular weight is 417 g/mol. The molecule has 0 aliphatic carbocycles. The van der Waals surface area contributed by atoms with Crippen LogP contribution < -0.4 is 0 Å². The first kappa shape index (κ1) is 21.6. The van der Waals surface area contributed by atoms with Gasteiger partial charge in [0.05, 0.1) is 12.5 Å². The molecule has 3 rings (SSSR count). The SMILES string of the molecule is COC(=O)C(C/C=C\C(c1ccccc1)(c1ccccc1)c1ccccc1)C(=O)S. The lowest BCUT2D eigenvalue weighted by Gasteiger charge is -2.33. The zero-order chi connectivity index (χ0) is 21.4. The molecule has 3 aromatic carbocycles. The lowest BCUT2D eigenvalue weighted by molar-refractivity contribution is -0.147. The average Bonchev–Trinajstić information content (AvgIpc) is 2.80. The maximum absolute atomic E-state index is 12.0. The summed E-state index contributed by atoms with van der Waals surface area (Å²) in [5.74, 6) is -1.51. The summed E-state index contributed by atoms with van der Waals surface area (Å²) in [4.78, 5) is 23.8. The van der Waals surface area contributed by atoms with E-state index in [2.05, 4.69) is 55.1 Å². The summed E-state index contributed by atoms with van der Waals surface area (Å²) in [6, 6.07) is 30.6. The number of allylic oxidation sites excluding steroid dienone is 2. The van der Waals surface area contributed by atoms with E-state index in [-0.39, 0.29) is 6.42 Å². The molecule has 4 heteroatoms. The summed E-state index contributed by atoms with van der Waals surface area (Å²) in [6.07, 6.45) is 4.16. The molecule has 0 N–H and O–H groups in total. The number of carbonyl (C=O) groups is 2. The summed E-state index contributed by atoms with van der Waals surface area (Å²) in [5.41, 5.74) is 2.69. The van der Waals surface area contributed by atoms with Crippen molar-refractivity contribution in [2.45, 2.75) is 11.8 Å². The van der Waals surface area contributed by atoms with Gasteiger partial charge in [0.2, 0.25) is 0 Å². The summed E-state index contributed by atoms with van der Waals surface area (Å²) >= 11 is 3.87. The van der Waals surface area contributed by atoms with Crippen LogP contribution in [0.25, 0.3) is 0 Å². The van der Waals surface area contributed by atoms with Crippen molar-refractivity contribution in [2.24, 2.45) is 5.92 Å². The van der Waals surface area contributed by atoms with E-state index in [0.717, 1.165) is 16.7 Å². The Kier molecular flexibility index (Phi) is 7.26. The third-order valence-electron chi connectivity index (χ3n) is 5.21. The van der Waals surface area contributed by atoms with Crippen molar-refractivity contribution in [2.75, 3.05) is 7.11 Å². The van der Waals surface area contributed by atoms with E-state index in [0.29, 0.717) is 0 Å². The van der Waals surface area contributed by atoms with Crippen LogP contribution >= 0.6 is 12.6 Å². The minimum atomic E-state index is -0.936. The molecule has 0 fully saturated rings. The molecule has 0 saturated carbocycles. The molecule has 1 atom stereocenters. The first-order valence-electron chi connectivity index (χ1n) is 9.74. The molecule has 0 aliphatic heterocycles. The smallest absolute Gasteiger partial charge is 0.317 e. The number of rotatable bonds is 8. The third kappa shape index (κ3) is 4.55. The van der Waals surface area contributed by atoms with E-state index in [1.807, 2.05) is 60.7 Å². The van der Waals surface area contributed by atoms with Gasteiger partial charge in [-0.3, -0.25) is 9.59 Å².